The molecule has 3 aromatic rings. The van der Waals surface area contributed by atoms with E-state index in [4.69, 9.17) is 24.8 Å². The Balaban J connectivity index is 1.54. The largest absolute Gasteiger partial charge is 0.485 e. The van der Waals surface area contributed by atoms with Gasteiger partial charge in [0.2, 0.25) is 11.7 Å². The molecular weight excluding hydrogens is 334 g/mol. The van der Waals surface area contributed by atoms with E-state index >= 15 is 0 Å². The van der Waals surface area contributed by atoms with Gasteiger partial charge in [0.15, 0.2) is 17.6 Å². The highest BCUT2D eigenvalue weighted by molar-refractivity contribution is 5.56. The van der Waals surface area contributed by atoms with Gasteiger partial charge in [0.25, 0.3) is 0 Å². The summed E-state index contributed by atoms with van der Waals surface area (Å²) in [6.45, 7) is 0.303. The van der Waals surface area contributed by atoms with Gasteiger partial charge in [-0.2, -0.15) is 4.98 Å². The minimum atomic E-state index is -0.414. The van der Waals surface area contributed by atoms with Gasteiger partial charge < -0.3 is 24.8 Å². The van der Waals surface area contributed by atoms with Crippen LogP contribution in [0.15, 0.2) is 53.1 Å². The molecule has 0 spiro atoms. The fourth-order valence-corrected chi connectivity index (χ4v) is 2.81. The summed E-state index contributed by atoms with van der Waals surface area (Å²) in [5, 5.41) is 13.0. The fraction of sp³-hybridized carbons (Fsp3) is 0.263. The van der Waals surface area contributed by atoms with Crippen LogP contribution in [0.2, 0.25) is 0 Å². The second-order valence-electron chi connectivity index (χ2n) is 6.15. The second-order valence-corrected chi connectivity index (χ2v) is 6.15. The van der Waals surface area contributed by atoms with Crippen molar-refractivity contribution in [1.29, 1.82) is 0 Å². The number of nitrogens with two attached hydrogens (primary N) is 1. The van der Waals surface area contributed by atoms with E-state index in [0.29, 0.717) is 24.7 Å². The van der Waals surface area contributed by atoms with Crippen molar-refractivity contribution in [2.45, 2.75) is 18.6 Å². The average molecular weight is 353 g/mol. The molecule has 0 bridgehead atoms. The van der Waals surface area contributed by atoms with Crippen LogP contribution in [0.5, 0.6) is 11.5 Å². The molecule has 3 N–H and O–H groups in total. The van der Waals surface area contributed by atoms with Crippen LogP contribution in [0, 0.1) is 0 Å². The lowest BCUT2D eigenvalue weighted by molar-refractivity contribution is 0.0913. The number of aliphatic hydroxyl groups is 1. The monoisotopic (exact) mass is 353 g/mol. The Labute approximate surface area is 150 Å². The number of rotatable bonds is 5. The maximum Gasteiger partial charge on any atom is 0.228 e. The van der Waals surface area contributed by atoms with Gasteiger partial charge in [-0.3, -0.25) is 0 Å². The smallest absolute Gasteiger partial charge is 0.228 e. The third-order valence-electron chi connectivity index (χ3n) is 4.16. The maximum atomic E-state index is 9.03. The molecule has 0 amide bonds. The highest BCUT2D eigenvalue weighted by Gasteiger charge is 2.23. The van der Waals surface area contributed by atoms with E-state index in [2.05, 4.69) is 10.1 Å². The minimum absolute atomic E-state index is 0.131. The first-order valence-electron chi connectivity index (χ1n) is 8.41. The van der Waals surface area contributed by atoms with Gasteiger partial charge in [-0.15, -0.1) is 0 Å². The Morgan fingerprint density at radius 2 is 2.00 bits per heavy atom. The Hall–Kier alpha value is -2.90. The molecule has 1 unspecified atom stereocenters. The molecule has 0 aliphatic carbocycles. The summed E-state index contributed by atoms with van der Waals surface area (Å²) < 4.78 is 17.0. The third-order valence-corrected chi connectivity index (χ3v) is 4.16. The van der Waals surface area contributed by atoms with Gasteiger partial charge in [-0.25, -0.2) is 0 Å². The first-order chi connectivity index (χ1) is 12.7. The lowest BCUT2D eigenvalue weighted by Crippen LogP contribution is -2.26. The maximum absolute atomic E-state index is 9.03. The summed E-state index contributed by atoms with van der Waals surface area (Å²) in [4.78, 5) is 4.35. The van der Waals surface area contributed by atoms with Crippen molar-refractivity contribution in [3.63, 3.8) is 0 Å². The van der Waals surface area contributed by atoms with Gasteiger partial charge in [0.1, 0.15) is 6.61 Å². The Kier molecular flexibility index (Phi) is 4.55. The lowest BCUT2D eigenvalue weighted by atomic mass is 10.1. The van der Waals surface area contributed by atoms with Crippen molar-refractivity contribution in [2.24, 2.45) is 5.73 Å². The lowest BCUT2D eigenvalue weighted by Gasteiger charge is -2.26. The summed E-state index contributed by atoms with van der Waals surface area (Å²) in [6, 6.07) is 15.0. The SMILES string of the molecule is NC(CO)Cc1nc(-c2cccc([C@@H]3COc4ccccc4O3)c2)no1. The van der Waals surface area contributed by atoms with Gasteiger partial charge in [0.05, 0.1) is 6.61 Å². The van der Waals surface area contributed by atoms with E-state index in [-0.39, 0.29) is 12.7 Å². The van der Waals surface area contributed by atoms with Crippen molar-refractivity contribution in [2.75, 3.05) is 13.2 Å². The number of nitrogens with zero attached hydrogens (tertiary/aromatic N) is 2. The normalized spacial score (nSPS) is 17.1. The molecule has 2 heterocycles. The van der Waals surface area contributed by atoms with Crippen LogP contribution < -0.4 is 15.2 Å². The quantitative estimate of drug-likeness (QED) is 0.724. The van der Waals surface area contributed by atoms with E-state index in [1.54, 1.807) is 0 Å². The predicted octanol–water partition coefficient (Wildman–Crippen LogP) is 2.11. The predicted molar refractivity (Wildman–Crippen MR) is 93.8 cm³/mol. The van der Waals surface area contributed by atoms with Crippen LogP contribution >= 0.6 is 0 Å². The first-order valence-corrected chi connectivity index (χ1v) is 8.41. The zero-order valence-corrected chi connectivity index (χ0v) is 14.0. The van der Waals surface area contributed by atoms with Crippen LogP contribution in [0.25, 0.3) is 11.4 Å². The summed E-state index contributed by atoms with van der Waals surface area (Å²) in [5.74, 6) is 2.36. The van der Waals surface area contributed by atoms with Gasteiger partial charge in [-0.1, -0.05) is 35.5 Å². The van der Waals surface area contributed by atoms with Crippen LogP contribution in [-0.4, -0.2) is 34.5 Å². The summed E-state index contributed by atoms with van der Waals surface area (Å²) in [5.41, 5.74) is 7.49. The average Bonchev–Trinajstić information content (AvgIpc) is 3.16. The van der Waals surface area contributed by atoms with E-state index in [1.165, 1.54) is 0 Å². The molecule has 2 aromatic carbocycles. The molecule has 1 aliphatic heterocycles. The van der Waals surface area contributed by atoms with E-state index in [9.17, 15) is 0 Å². The number of para-hydroxylation sites is 2. The number of fused-ring (bicyclic) bond motifs is 1. The molecule has 2 atom stereocenters. The molecule has 0 fully saturated rings. The van der Waals surface area contributed by atoms with E-state index in [1.807, 2.05) is 48.5 Å². The molecule has 134 valence electrons. The number of hydrogen-bond acceptors (Lipinski definition) is 7. The van der Waals surface area contributed by atoms with Gasteiger partial charge >= 0.3 is 0 Å². The van der Waals surface area contributed by atoms with Crippen molar-refractivity contribution >= 4 is 0 Å². The molecule has 0 saturated heterocycles. The molecule has 0 radical (unpaired) electrons. The van der Waals surface area contributed by atoms with E-state index in [0.717, 1.165) is 22.6 Å². The molecule has 4 rings (SSSR count). The summed E-state index contributed by atoms with van der Waals surface area (Å²) in [7, 11) is 0. The van der Waals surface area contributed by atoms with Crippen molar-refractivity contribution in [1.82, 2.24) is 10.1 Å². The van der Waals surface area contributed by atoms with E-state index < -0.39 is 6.04 Å². The number of aliphatic hydroxyl groups excluding tert-OH is 1. The zero-order valence-electron chi connectivity index (χ0n) is 14.0. The Morgan fingerprint density at radius 3 is 2.85 bits per heavy atom. The molecule has 1 aromatic heterocycles. The summed E-state index contributed by atoms with van der Waals surface area (Å²) in [6.07, 6.45) is 0.124. The highest BCUT2D eigenvalue weighted by atomic mass is 16.6. The number of ether oxygens (including phenoxy) is 2. The van der Waals surface area contributed by atoms with Crippen molar-refractivity contribution < 1.29 is 19.1 Å². The first kappa shape index (κ1) is 16.6. The molecular formula is C19H19N3O4. The van der Waals surface area contributed by atoms with Crippen LogP contribution in [0.4, 0.5) is 0 Å². The van der Waals surface area contributed by atoms with Crippen molar-refractivity contribution in [3.8, 4) is 22.9 Å². The fourth-order valence-electron chi connectivity index (χ4n) is 2.81. The van der Waals surface area contributed by atoms with Crippen LogP contribution in [0.1, 0.15) is 17.6 Å². The standard InChI is InChI=1S/C19H19N3O4/c20-14(10-23)9-18-21-19(22-26-18)13-5-3-4-12(8-13)17-11-24-15-6-1-2-7-16(15)25-17/h1-8,14,17,23H,9-11,20H2/t14?,17-/m0/s1. The molecule has 26 heavy (non-hydrogen) atoms. The minimum Gasteiger partial charge on any atom is -0.485 e. The topological polar surface area (TPSA) is 104 Å². The number of benzene rings is 2. The second kappa shape index (κ2) is 7.15. The van der Waals surface area contributed by atoms with Crippen LogP contribution in [-0.2, 0) is 6.42 Å². The zero-order chi connectivity index (χ0) is 17.9. The molecule has 0 saturated carbocycles. The molecule has 7 heteroatoms. The Bertz CT molecular complexity index is 896. The molecule has 1 aliphatic rings. The number of hydrogen-bond donors (Lipinski definition) is 2. The van der Waals surface area contributed by atoms with Crippen molar-refractivity contribution in [3.05, 3.63) is 60.0 Å². The third kappa shape index (κ3) is 3.40. The number of aromatic nitrogens is 2. The highest BCUT2D eigenvalue weighted by Crippen LogP contribution is 2.36. The Morgan fingerprint density at radius 1 is 1.15 bits per heavy atom. The van der Waals surface area contributed by atoms with Gasteiger partial charge in [-0.05, 0) is 23.8 Å². The van der Waals surface area contributed by atoms with Gasteiger partial charge in [0, 0.05) is 18.0 Å². The summed E-state index contributed by atoms with van der Waals surface area (Å²) >= 11 is 0. The van der Waals surface area contributed by atoms with Crippen LogP contribution in [0.3, 0.4) is 0 Å². The molecule has 7 nitrogen and oxygen atoms in total.